The zero-order valence-corrected chi connectivity index (χ0v) is 8.18. The number of carbonyl (C=O) groups is 1. The van der Waals surface area contributed by atoms with Gasteiger partial charge in [-0.1, -0.05) is 20.3 Å². The molecule has 0 spiro atoms. The van der Waals surface area contributed by atoms with Crippen molar-refractivity contribution in [2.75, 3.05) is 6.61 Å². The highest BCUT2D eigenvalue weighted by atomic mass is 16.2. The van der Waals surface area contributed by atoms with Crippen LogP contribution in [0.5, 0.6) is 0 Å². The Morgan fingerprint density at radius 1 is 1.33 bits per heavy atom. The summed E-state index contributed by atoms with van der Waals surface area (Å²) in [6.07, 6.45) is 4.37. The van der Waals surface area contributed by atoms with Crippen LogP contribution >= 0.6 is 0 Å². The molecule has 1 atom stereocenters. The SMILES string of the molecule is CCC(C)C(=O)CCCCCO. The molecule has 0 bridgehead atoms. The fourth-order valence-electron chi connectivity index (χ4n) is 1.06. The molecule has 0 fully saturated rings. The quantitative estimate of drug-likeness (QED) is 0.597. The Morgan fingerprint density at radius 3 is 2.50 bits per heavy atom. The van der Waals surface area contributed by atoms with Gasteiger partial charge in [-0.3, -0.25) is 4.79 Å². The molecule has 1 unspecified atom stereocenters. The van der Waals surface area contributed by atoms with Gasteiger partial charge in [0.05, 0.1) is 0 Å². The molecule has 72 valence electrons. The molecule has 0 heterocycles. The summed E-state index contributed by atoms with van der Waals surface area (Å²) < 4.78 is 0. The van der Waals surface area contributed by atoms with Crippen molar-refractivity contribution in [3.63, 3.8) is 0 Å². The van der Waals surface area contributed by atoms with Crippen molar-refractivity contribution in [1.82, 2.24) is 0 Å². The molecular weight excluding hydrogens is 152 g/mol. The van der Waals surface area contributed by atoms with Gasteiger partial charge >= 0.3 is 0 Å². The van der Waals surface area contributed by atoms with Gasteiger partial charge < -0.3 is 5.11 Å². The Balaban J connectivity index is 3.31. The van der Waals surface area contributed by atoms with Crippen molar-refractivity contribution < 1.29 is 9.90 Å². The molecule has 2 nitrogen and oxygen atoms in total. The van der Waals surface area contributed by atoms with Crippen LogP contribution < -0.4 is 0 Å². The van der Waals surface area contributed by atoms with Gasteiger partial charge in [0, 0.05) is 18.9 Å². The summed E-state index contributed by atoms with van der Waals surface area (Å²) in [4.78, 5) is 11.3. The highest BCUT2D eigenvalue weighted by Gasteiger charge is 2.08. The van der Waals surface area contributed by atoms with Crippen LogP contribution in [0.25, 0.3) is 0 Å². The van der Waals surface area contributed by atoms with Gasteiger partial charge in [0.15, 0.2) is 0 Å². The molecule has 0 amide bonds. The van der Waals surface area contributed by atoms with E-state index in [2.05, 4.69) is 0 Å². The molecule has 0 aromatic heterocycles. The minimum absolute atomic E-state index is 0.221. The Morgan fingerprint density at radius 2 is 2.00 bits per heavy atom. The molecule has 0 rings (SSSR count). The maximum Gasteiger partial charge on any atom is 0.135 e. The summed E-state index contributed by atoms with van der Waals surface area (Å²) >= 11 is 0. The van der Waals surface area contributed by atoms with Crippen LogP contribution in [0.2, 0.25) is 0 Å². The number of aliphatic hydroxyl groups is 1. The fourth-order valence-corrected chi connectivity index (χ4v) is 1.06. The van der Waals surface area contributed by atoms with Crippen LogP contribution in [0.3, 0.4) is 0 Å². The monoisotopic (exact) mass is 172 g/mol. The molecule has 0 aliphatic heterocycles. The number of unbranched alkanes of at least 4 members (excludes halogenated alkanes) is 2. The minimum atomic E-state index is 0.221. The average Bonchev–Trinajstić information content (AvgIpc) is 2.10. The van der Waals surface area contributed by atoms with E-state index in [4.69, 9.17) is 5.11 Å². The smallest absolute Gasteiger partial charge is 0.135 e. The van der Waals surface area contributed by atoms with E-state index in [1.54, 1.807) is 0 Å². The second kappa shape index (κ2) is 7.29. The Kier molecular flexibility index (Phi) is 7.06. The first-order chi connectivity index (χ1) is 5.72. The highest BCUT2D eigenvalue weighted by Crippen LogP contribution is 2.09. The Hall–Kier alpha value is -0.370. The molecule has 0 saturated heterocycles. The fraction of sp³-hybridized carbons (Fsp3) is 0.900. The molecule has 0 aromatic rings. The second-order valence-electron chi connectivity index (χ2n) is 3.31. The summed E-state index contributed by atoms with van der Waals surface area (Å²) in [6.45, 7) is 4.27. The number of hydrogen-bond donors (Lipinski definition) is 1. The van der Waals surface area contributed by atoms with Gasteiger partial charge in [-0.15, -0.1) is 0 Å². The summed E-state index contributed by atoms with van der Waals surface area (Å²) in [6, 6.07) is 0. The van der Waals surface area contributed by atoms with Gasteiger partial charge in [0.2, 0.25) is 0 Å². The van der Waals surface area contributed by atoms with Crippen molar-refractivity contribution in [3.05, 3.63) is 0 Å². The number of ketones is 1. The number of carbonyl (C=O) groups excluding carboxylic acids is 1. The molecule has 0 radical (unpaired) electrons. The topological polar surface area (TPSA) is 37.3 Å². The van der Waals surface area contributed by atoms with Crippen LogP contribution in [-0.2, 0) is 4.79 Å². The summed E-state index contributed by atoms with van der Waals surface area (Å²) in [5.74, 6) is 0.592. The minimum Gasteiger partial charge on any atom is -0.396 e. The van der Waals surface area contributed by atoms with Gasteiger partial charge in [-0.25, -0.2) is 0 Å². The third-order valence-electron chi connectivity index (χ3n) is 2.24. The normalized spacial score (nSPS) is 12.9. The van der Waals surface area contributed by atoms with E-state index in [0.717, 1.165) is 25.7 Å². The first-order valence-electron chi connectivity index (χ1n) is 4.86. The Labute approximate surface area is 75.0 Å². The molecule has 2 heteroatoms. The zero-order chi connectivity index (χ0) is 9.40. The van der Waals surface area contributed by atoms with Crippen LogP contribution in [0.1, 0.15) is 46.0 Å². The lowest BCUT2D eigenvalue weighted by Gasteiger charge is -2.05. The third kappa shape index (κ3) is 5.30. The van der Waals surface area contributed by atoms with Gasteiger partial charge in [0.25, 0.3) is 0 Å². The molecular formula is C10H20O2. The van der Waals surface area contributed by atoms with Crippen molar-refractivity contribution >= 4 is 5.78 Å². The molecule has 0 aliphatic carbocycles. The lowest BCUT2D eigenvalue weighted by Crippen LogP contribution is -2.09. The highest BCUT2D eigenvalue weighted by molar-refractivity contribution is 5.80. The second-order valence-corrected chi connectivity index (χ2v) is 3.31. The number of aliphatic hydroxyl groups excluding tert-OH is 1. The number of hydrogen-bond acceptors (Lipinski definition) is 2. The third-order valence-corrected chi connectivity index (χ3v) is 2.24. The van der Waals surface area contributed by atoms with Crippen LogP contribution in [0.15, 0.2) is 0 Å². The first kappa shape index (κ1) is 11.6. The van der Waals surface area contributed by atoms with Crippen molar-refractivity contribution in [2.24, 2.45) is 5.92 Å². The number of Topliss-reactive ketones (excluding diaryl/α,β-unsaturated/α-hetero) is 1. The lowest BCUT2D eigenvalue weighted by molar-refractivity contribution is -0.122. The zero-order valence-electron chi connectivity index (χ0n) is 8.18. The van der Waals surface area contributed by atoms with E-state index in [1.807, 2.05) is 13.8 Å². The van der Waals surface area contributed by atoms with Gasteiger partial charge in [0.1, 0.15) is 5.78 Å². The van der Waals surface area contributed by atoms with Crippen LogP contribution in [0, 0.1) is 5.92 Å². The van der Waals surface area contributed by atoms with E-state index >= 15 is 0 Å². The van der Waals surface area contributed by atoms with Gasteiger partial charge in [-0.2, -0.15) is 0 Å². The molecule has 1 N–H and O–H groups in total. The summed E-state index contributed by atoms with van der Waals surface area (Å²) in [5.41, 5.74) is 0. The molecule has 0 aliphatic rings. The molecule has 0 aromatic carbocycles. The predicted octanol–water partition coefficient (Wildman–Crippen LogP) is 2.15. The first-order valence-corrected chi connectivity index (χ1v) is 4.86. The van der Waals surface area contributed by atoms with E-state index in [-0.39, 0.29) is 12.5 Å². The van der Waals surface area contributed by atoms with Gasteiger partial charge in [-0.05, 0) is 19.3 Å². The largest absolute Gasteiger partial charge is 0.396 e. The standard InChI is InChI=1S/C10H20O2/c1-3-9(2)10(12)7-5-4-6-8-11/h9,11H,3-8H2,1-2H3. The average molecular weight is 172 g/mol. The molecule has 0 saturated carbocycles. The van der Waals surface area contributed by atoms with E-state index in [9.17, 15) is 4.79 Å². The maximum atomic E-state index is 11.3. The predicted molar refractivity (Wildman–Crippen MR) is 50.0 cm³/mol. The maximum absolute atomic E-state index is 11.3. The van der Waals surface area contributed by atoms with Crippen molar-refractivity contribution in [2.45, 2.75) is 46.0 Å². The lowest BCUT2D eigenvalue weighted by atomic mass is 9.99. The van der Waals surface area contributed by atoms with Crippen LogP contribution in [0.4, 0.5) is 0 Å². The van der Waals surface area contributed by atoms with E-state index in [1.165, 1.54) is 0 Å². The molecule has 12 heavy (non-hydrogen) atoms. The summed E-state index contributed by atoms with van der Waals surface area (Å²) in [7, 11) is 0. The number of rotatable bonds is 7. The van der Waals surface area contributed by atoms with E-state index < -0.39 is 0 Å². The van der Waals surface area contributed by atoms with Crippen molar-refractivity contribution in [1.29, 1.82) is 0 Å². The Bertz CT molecular complexity index is 121. The summed E-state index contributed by atoms with van der Waals surface area (Å²) in [5, 5.41) is 8.50. The van der Waals surface area contributed by atoms with Crippen molar-refractivity contribution in [3.8, 4) is 0 Å². The van der Waals surface area contributed by atoms with E-state index in [0.29, 0.717) is 12.2 Å². The van der Waals surface area contributed by atoms with Crippen LogP contribution in [-0.4, -0.2) is 17.5 Å².